The Bertz CT molecular complexity index is 395. The van der Waals surface area contributed by atoms with Gasteiger partial charge in [0, 0.05) is 5.56 Å². The number of aliphatic hydroxyl groups excluding tert-OH is 1. The molecule has 2 atom stereocenters. The third-order valence-electron chi connectivity index (χ3n) is 2.19. The third kappa shape index (κ3) is 4.01. The second-order valence-corrected chi connectivity index (χ2v) is 6.37. The van der Waals surface area contributed by atoms with Crippen molar-refractivity contribution in [1.29, 1.82) is 0 Å². The molecular formula is C11H10Cl4O2. The second-order valence-electron chi connectivity index (χ2n) is 3.57. The molecule has 2 aliphatic rings. The van der Waals surface area contributed by atoms with Gasteiger partial charge in [0.2, 0.25) is 3.79 Å². The highest BCUT2D eigenvalue weighted by Crippen LogP contribution is 2.30. The van der Waals surface area contributed by atoms with Gasteiger partial charge in [-0.25, -0.2) is 0 Å². The van der Waals surface area contributed by atoms with Crippen LogP contribution in [0.2, 0.25) is 0 Å². The summed E-state index contributed by atoms with van der Waals surface area (Å²) in [6.07, 6.45) is -0.905. The molecule has 0 aromatic heterocycles. The maximum absolute atomic E-state index is 11.1. The Morgan fingerprint density at radius 3 is 1.82 bits per heavy atom. The van der Waals surface area contributed by atoms with E-state index in [-0.39, 0.29) is 5.78 Å². The van der Waals surface area contributed by atoms with Gasteiger partial charge in [0.1, 0.15) is 5.38 Å². The molecule has 0 saturated carbocycles. The number of Topliss-reactive ketones (excluding diaryl/α,β-unsaturated/α-hetero) is 1. The first-order chi connectivity index (χ1) is 7.73. The van der Waals surface area contributed by atoms with E-state index in [1.807, 2.05) is 12.1 Å². The highest BCUT2D eigenvalue weighted by atomic mass is 35.6. The second kappa shape index (κ2) is 5.77. The zero-order chi connectivity index (χ0) is 13.2. The maximum atomic E-state index is 11.1. The molecule has 0 amide bonds. The molecule has 17 heavy (non-hydrogen) atoms. The molecule has 94 valence electrons. The Kier molecular flexibility index (Phi) is 5.11. The Morgan fingerprint density at radius 1 is 1.24 bits per heavy atom. The van der Waals surface area contributed by atoms with Crippen molar-refractivity contribution in [2.45, 2.75) is 22.2 Å². The van der Waals surface area contributed by atoms with E-state index in [2.05, 4.69) is 0 Å². The van der Waals surface area contributed by atoms with E-state index in [1.165, 1.54) is 6.92 Å². The monoisotopic (exact) mass is 314 g/mol. The summed E-state index contributed by atoms with van der Waals surface area (Å²) in [7, 11) is 0. The SMILES string of the molecule is CC(O)C(Cl)(Cl)Cl.O=C1c2ccc(cc2)C1Cl. The summed E-state index contributed by atoms with van der Waals surface area (Å²) in [6, 6.07) is 7.37. The van der Waals surface area contributed by atoms with E-state index >= 15 is 0 Å². The molecule has 0 fully saturated rings. The minimum Gasteiger partial charge on any atom is -0.389 e. The summed E-state index contributed by atoms with van der Waals surface area (Å²) in [6.45, 7) is 1.41. The molecule has 0 saturated heterocycles. The van der Waals surface area contributed by atoms with Crippen LogP contribution in [0.15, 0.2) is 24.3 Å². The van der Waals surface area contributed by atoms with Crippen molar-refractivity contribution in [3.63, 3.8) is 0 Å². The zero-order valence-corrected chi connectivity index (χ0v) is 11.9. The van der Waals surface area contributed by atoms with E-state index in [0.29, 0.717) is 0 Å². The van der Waals surface area contributed by atoms with Crippen LogP contribution in [-0.2, 0) is 0 Å². The van der Waals surface area contributed by atoms with Crippen LogP contribution in [0.5, 0.6) is 0 Å². The normalized spacial score (nSPS) is 19.6. The van der Waals surface area contributed by atoms with Gasteiger partial charge < -0.3 is 5.11 Å². The van der Waals surface area contributed by atoms with Crippen molar-refractivity contribution < 1.29 is 9.90 Å². The van der Waals surface area contributed by atoms with Gasteiger partial charge in [-0.05, 0) is 12.5 Å². The number of alkyl halides is 4. The highest BCUT2D eigenvalue weighted by Gasteiger charge is 2.26. The molecule has 2 unspecified atom stereocenters. The number of carbonyl (C=O) groups is 1. The molecule has 1 aromatic rings. The molecule has 1 aromatic carbocycles. The minimum absolute atomic E-state index is 0.0293. The molecule has 6 heteroatoms. The van der Waals surface area contributed by atoms with E-state index in [1.54, 1.807) is 12.1 Å². The number of hydrogen-bond acceptors (Lipinski definition) is 2. The van der Waals surface area contributed by atoms with Crippen molar-refractivity contribution in [1.82, 2.24) is 0 Å². The summed E-state index contributed by atoms with van der Waals surface area (Å²) in [5.74, 6) is 0.0293. The Balaban J connectivity index is 0.000000185. The van der Waals surface area contributed by atoms with Crippen LogP contribution < -0.4 is 0 Å². The average molecular weight is 316 g/mol. The summed E-state index contributed by atoms with van der Waals surface area (Å²) < 4.78 is -1.53. The topological polar surface area (TPSA) is 37.3 Å². The van der Waals surface area contributed by atoms with Crippen molar-refractivity contribution in [2.75, 3.05) is 0 Å². The smallest absolute Gasteiger partial charge is 0.215 e. The Morgan fingerprint density at radius 2 is 1.65 bits per heavy atom. The average Bonchev–Trinajstić information content (AvgIpc) is 2.25. The van der Waals surface area contributed by atoms with Gasteiger partial charge in [-0.2, -0.15) is 0 Å². The lowest BCUT2D eigenvalue weighted by atomic mass is 9.95. The van der Waals surface area contributed by atoms with Crippen LogP contribution in [-0.4, -0.2) is 20.8 Å². The molecule has 0 radical (unpaired) electrons. The number of ketones is 1. The number of fused-ring (bicyclic) bond motifs is 3. The fourth-order valence-corrected chi connectivity index (χ4v) is 1.39. The molecule has 2 aliphatic carbocycles. The van der Waals surface area contributed by atoms with Crippen molar-refractivity contribution in [3.8, 4) is 0 Å². The third-order valence-corrected chi connectivity index (χ3v) is 3.59. The van der Waals surface area contributed by atoms with Crippen LogP contribution >= 0.6 is 46.4 Å². The van der Waals surface area contributed by atoms with Crippen LogP contribution in [0.4, 0.5) is 0 Å². The van der Waals surface area contributed by atoms with Gasteiger partial charge in [0.05, 0.1) is 6.10 Å². The molecule has 2 nitrogen and oxygen atoms in total. The molecule has 1 N–H and O–H groups in total. The lowest BCUT2D eigenvalue weighted by molar-refractivity contribution is 0.0983. The first kappa shape index (κ1) is 15.1. The first-order valence-corrected chi connectivity index (χ1v) is 6.33. The number of aliphatic hydroxyl groups is 1. The van der Waals surface area contributed by atoms with Gasteiger partial charge in [-0.1, -0.05) is 59.1 Å². The van der Waals surface area contributed by atoms with Gasteiger partial charge >= 0.3 is 0 Å². The molecule has 0 heterocycles. The summed E-state index contributed by atoms with van der Waals surface area (Å²) >= 11 is 21.2. The van der Waals surface area contributed by atoms with Gasteiger partial charge in [-0.3, -0.25) is 4.79 Å². The summed E-state index contributed by atoms with van der Waals surface area (Å²) in [5, 5.41) is 8.07. The van der Waals surface area contributed by atoms with Crippen LogP contribution in [0, 0.1) is 0 Å². The Hall–Kier alpha value is 0.01000. The van der Waals surface area contributed by atoms with Crippen molar-refractivity contribution in [2.24, 2.45) is 0 Å². The van der Waals surface area contributed by atoms with Crippen molar-refractivity contribution >= 4 is 52.2 Å². The quantitative estimate of drug-likeness (QED) is 0.737. The van der Waals surface area contributed by atoms with E-state index in [9.17, 15) is 4.79 Å². The summed E-state index contributed by atoms with van der Waals surface area (Å²) in [5.41, 5.74) is 1.62. The molecule has 0 spiro atoms. The largest absolute Gasteiger partial charge is 0.389 e. The lowest BCUT2D eigenvalue weighted by Gasteiger charge is -2.15. The number of hydrogen-bond donors (Lipinski definition) is 1. The molecule has 2 bridgehead atoms. The number of rotatable bonds is 0. The highest BCUT2D eigenvalue weighted by molar-refractivity contribution is 6.68. The molecule has 3 rings (SSSR count). The lowest BCUT2D eigenvalue weighted by Crippen LogP contribution is -2.20. The zero-order valence-electron chi connectivity index (χ0n) is 8.83. The maximum Gasteiger partial charge on any atom is 0.215 e. The van der Waals surface area contributed by atoms with Crippen molar-refractivity contribution in [3.05, 3.63) is 35.4 Å². The van der Waals surface area contributed by atoms with Crippen LogP contribution in [0.1, 0.15) is 28.2 Å². The fraction of sp³-hybridized carbons (Fsp3) is 0.364. The predicted molar refractivity (Wildman–Crippen MR) is 71.3 cm³/mol. The number of halogens is 4. The Labute approximate surface area is 119 Å². The van der Waals surface area contributed by atoms with Gasteiger partial charge in [0.15, 0.2) is 5.78 Å². The van der Waals surface area contributed by atoms with Crippen LogP contribution in [0.25, 0.3) is 0 Å². The van der Waals surface area contributed by atoms with E-state index < -0.39 is 15.3 Å². The molecule has 0 aliphatic heterocycles. The van der Waals surface area contributed by atoms with E-state index in [4.69, 9.17) is 51.5 Å². The number of carbonyl (C=O) groups excluding carboxylic acids is 1. The standard InChI is InChI=1S/C8H5ClO.C3H5Cl3O/c9-7-5-1-3-6(4-2-5)8(7)10;1-2(7)3(4,5)6/h1-4,7H;2,7H,1H3. The first-order valence-electron chi connectivity index (χ1n) is 4.76. The van der Waals surface area contributed by atoms with Crippen LogP contribution in [0.3, 0.4) is 0 Å². The summed E-state index contributed by atoms with van der Waals surface area (Å²) in [4.78, 5) is 11.1. The predicted octanol–water partition coefficient (Wildman–Crippen LogP) is 3.90. The van der Waals surface area contributed by atoms with Gasteiger partial charge in [0.25, 0.3) is 0 Å². The fourth-order valence-electron chi connectivity index (χ4n) is 1.11. The van der Waals surface area contributed by atoms with Gasteiger partial charge in [-0.15, -0.1) is 11.6 Å². The number of benzene rings is 1. The minimum atomic E-state index is -1.53. The molecular weight excluding hydrogens is 306 g/mol. The van der Waals surface area contributed by atoms with E-state index in [0.717, 1.165) is 11.1 Å².